The van der Waals surface area contributed by atoms with Crippen LogP contribution in [0.25, 0.3) is 0 Å². The Kier molecular flexibility index (Phi) is 5.67. The fourth-order valence-electron chi connectivity index (χ4n) is 2.93. The lowest BCUT2D eigenvalue weighted by molar-refractivity contribution is -0.0230. The van der Waals surface area contributed by atoms with E-state index >= 15 is 0 Å². The van der Waals surface area contributed by atoms with Gasteiger partial charge in [-0.3, -0.25) is 9.89 Å². The molecule has 2 heterocycles. The lowest BCUT2D eigenvalue weighted by Gasteiger charge is -2.32. The second-order valence-electron chi connectivity index (χ2n) is 6.66. The molecule has 0 bridgehead atoms. The number of H-pyrrole nitrogens is 1. The van der Waals surface area contributed by atoms with Crippen molar-refractivity contribution in [3.8, 4) is 0 Å². The number of hydrogen-bond acceptors (Lipinski definition) is 3. The number of aromatic amines is 1. The Bertz CT molecular complexity index is 761. The predicted molar refractivity (Wildman–Crippen MR) is 98.2 cm³/mol. The molecule has 3 rings (SSSR count). The van der Waals surface area contributed by atoms with Crippen molar-refractivity contribution >= 4 is 29.1 Å². The third kappa shape index (κ3) is 4.35. The summed E-state index contributed by atoms with van der Waals surface area (Å²) in [7, 11) is 0. The van der Waals surface area contributed by atoms with Gasteiger partial charge < -0.3 is 9.64 Å². The van der Waals surface area contributed by atoms with Crippen molar-refractivity contribution in [1.29, 1.82) is 0 Å². The smallest absolute Gasteiger partial charge is 0.274 e. The van der Waals surface area contributed by atoms with Gasteiger partial charge in [0.15, 0.2) is 0 Å². The second-order valence-corrected chi connectivity index (χ2v) is 7.47. The van der Waals surface area contributed by atoms with Gasteiger partial charge in [0.25, 0.3) is 5.91 Å². The van der Waals surface area contributed by atoms with E-state index in [4.69, 9.17) is 27.9 Å². The molecule has 25 heavy (non-hydrogen) atoms. The summed E-state index contributed by atoms with van der Waals surface area (Å²) in [6, 6.07) is 7.25. The van der Waals surface area contributed by atoms with Gasteiger partial charge in [0.05, 0.1) is 23.2 Å². The van der Waals surface area contributed by atoms with E-state index in [1.54, 1.807) is 17.0 Å². The minimum Gasteiger partial charge on any atom is -0.370 e. The van der Waals surface area contributed by atoms with Crippen LogP contribution in [0, 0.1) is 5.92 Å². The largest absolute Gasteiger partial charge is 0.370 e. The zero-order valence-electron chi connectivity index (χ0n) is 14.3. The van der Waals surface area contributed by atoms with Crippen molar-refractivity contribution in [3.05, 3.63) is 51.3 Å². The van der Waals surface area contributed by atoms with E-state index in [-0.39, 0.29) is 12.0 Å². The van der Waals surface area contributed by atoms with Crippen LogP contribution in [0.2, 0.25) is 10.0 Å². The summed E-state index contributed by atoms with van der Waals surface area (Å²) in [5.74, 6) is 0.422. The van der Waals surface area contributed by atoms with E-state index in [0.29, 0.717) is 41.4 Å². The van der Waals surface area contributed by atoms with Crippen molar-refractivity contribution in [3.63, 3.8) is 0 Å². The molecule has 0 radical (unpaired) electrons. The predicted octanol–water partition coefficient (Wildman–Crippen LogP) is 4.13. The Balaban J connectivity index is 1.71. The van der Waals surface area contributed by atoms with Gasteiger partial charge in [0, 0.05) is 12.2 Å². The third-order valence-electron chi connectivity index (χ3n) is 4.15. The van der Waals surface area contributed by atoms with Gasteiger partial charge >= 0.3 is 0 Å². The molecule has 1 saturated heterocycles. The molecule has 5 nitrogen and oxygen atoms in total. The van der Waals surface area contributed by atoms with Crippen LogP contribution in [0.5, 0.6) is 0 Å². The second kappa shape index (κ2) is 7.77. The maximum absolute atomic E-state index is 12.7. The number of carbonyl (C=O) groups excluding carboxylic acids is 1. The maximum Gasteiger partial charge on any atom is 0.274 e. The molecule has 1 fully saturated rings. The summed E-state index contributed by atoms with van der Waals surface area (Å²) in [4.78, 5) is 14.5. The molecular weight excluding hydrogens is 361 g/mol. The Morgan fingerprint density at radius 1 is 1.36 bits per heavy atom. The molecule has 2 aromatic rings. The van der Waals surface area contributed by atoms with Gasteiger partial charge in [-0.25, -0.2) is 0 Å². The number of amides is 1. The quantitative estimate of drug-likeness (QED) is 0.865. The number of carbonyl (C=O) groups is 1. The Labute approximate surface area is 157 Å². The topological polar surface area (TPSA) is 58.2 Å². The van der Waals surface area contributed by atoms with Crippen LogP contribution in [-0.4, -0.2) is 40.7 Å². The lowest BCUT2D eigenvalue weighted by Crippen LogP contribution is -2.42. The zero-order chi connectivity index (χ0) is 18.0. The van der Waals surface area contributed by atoms with Gasteiger partial charge in [-0.2, -0.15) is 5.10 Å². The van der Waals surface area contributed by atoms with Crippen LogP contribution in [0.15, 0.2) is 24.3 Å². The summed E-state index contributed by atoms with van der Waals surface area (Å²) < 4.78 is 5.81. The van der Waals surface area contributed by atoms with Crippen molar-refractivity contribution in [2.75, 3.05) is 19.7 Å². The van der Waals surface area contributed by atoms with Crippen molar-refractivity contribution in [1.82, 2.24) is 15.1 Å². The number of hydrogen-bond donors (Lipinski definition) is 1. The number of halogens is 2. The fraction of sp³-hybridized carbons (Fsp3) is 0.444. The molecule has 0 unspecified atom stereocenters. The molecule has 7 heteroatoms. The van der Waals surface area contributed by atoms with Crippen molar-refractivity contribution in [2.45, 2.75) is 26.4 Å². The highest BCUT2D eigenvalue weighted by atomic mass is 35.5. The summed E-state index contributed by atoms with van der Waals surface area (Å²) in [5, 5.41) is 8.11. The molecule has 1 aromatic heterocycles. The highest BCUT2D eigenvalue weighted by Crippen LogP contribution is 2.29. The molecule has 1 amide bonds. The number of benzene rings is 1. The average molecular weight is 382 g/mol. The Hall–Kier alpha value is -1.56. The van der Waals surface area contributed by atoms with Gasteiger partial charge in [-0.1, -0.05) is 43.1 Å². The molecule has 0 saturated carbocycles. The first-order chi connectivity index (χ1) is 11.9. The monoisotopic (exact) mass is 381 g/mol. The van der Waals surface area contributed by atoms with Crippen LogP contribution in [0.4, 0.5) is 0 Å². The van der Waals surface area contributed by atoms with Crippen LogP contribution < -0.4 is 0 Å². The van der Waals surface area contributed by atoms with Crippen LogP contribution in [0.3, 0.4) is 0 Å². The average Bonchev–Trinajstić information content (AvgIpc) is 3.04. The van der Waals surface area contributed by atoms with Gasteiger partial charge in [-0.05, 0) is 36.1 Å². The van der Waals surface area contributed by atoms with Gasteiger partial charge in [0.1, 0.15) is 11.8 Å². The SMILES string of the molecule is CC(C)Cc1cc(C(=O)N2CCO[C@@H](c3ccc(Cl)c(Cl)c3)C2)n[nH]1. The molecule has 134 valence electrons. The molecule has 1 N–H and O–H groups in total. The minimum absolute atomic E-state index is 0.0837. The first kappa shape index (κ1) is 18.2. The van der Waals surface area contributed by atoms with E-state index in [1.165, 1.54) is 0 Å². The molecule has 1 aliphatic heterocycles. The summed E-state index contributed by atoms with van der Waals surface area (Å²) in [5.41, 5.74) is 2.34. The van der Waals surface area contributed by atoms with Crippen LogP contribution in [-0.2, 0) is 11.2 Å². The van der Waals surface area contributed by atoms with Crippen molar-refractivity contribution in [2.24, 2.45) is 5.92 Å². The van der Waals surface area contributed by atoms with Crippen LogP contribution in [0.1, 0.15) is 41.7 Å². The van der Waals surface area contributed by atoms with E-state index in [1.807, 2.05) is 12.1 Å². The normalized spacial score (nSPS) is 18.0. The van der Waals surface area contributed by atoms with E-state index < -0.39 is 0 Å². The zero-order valence-corrected chi connectivity index (χ0v) is 15.8. The highest BCUT2D eigenvalue weighted by Gasteiger charge is 2.27. The molecule has 1 atom stereocenters. The summed E-state index contributed by atoms with van der Waals surface area (Å²) >= 11 is 12.1. The first-order valence-electron chi connectivity index (χ1n) is 8.34. The minimum atomic E-state index is -0.221. The molecule has 1 aromatic carbocycles. The summed E-state index contributed by atoms with van der Waals surface area (Å²) in [6.45, 7) is 5.74. The molecule has 0 aliphatic carbocycles. The van der Waals surface area contributed by atoms with Crippen LogP contribution >= 0.6 is 23.2 Å². The molecular formula is C18H21Cl2N3O2. The third-order valence-corrected chi connectivity index (χ3v) is 4.89. The van der Waals surface area contributed by atoms with E-state index in [0.717, 1.165) is 17.7 Å². The standard InChI is InChI=1S/C18H21Cl2N3O2/c1-11(2)7-13-9-16(22-21-13)18(24)23-5-6-25-17(10-23)12-3-4-14(19)15(20)8-12/h3-4,8-9,11,17H,5-7,10H2,1-2H3,(H,21,22)/t17-/m1/s1. The maximum atomic E-state index is 12.7. The summed E-state index contributed by atoms with van der Waals surface area (Å²) in [6.07, 6.45) is 0.650. The number of ether oxygens (including phenoxy) is 1. The highest BCUT2D eigenvalue weighted by molar-refractivity contribution is 6.42. The van der Waals surface area contributed by atoms with E-state index in [2.05, 4.69) is 24.0 Å². The number of nitrogens with zero attached hydrogens (tertiary/aromatic N) is 2. The number of rotatable bonds is 4. The van der Waals surface area contributed by atoms with Gasteiger partial charge in [-0.15, -0.1) is 0 Å². The molecule has 1 aliphatic rings. The Morgan fingerprint density at radius 3 is 2.88 bits per heavy atom. The number of nitrogens with one attached hydrogen (secondary N) is 1. The number of morpholine rings is 1. The fourth-order valence-corrected chi connectivity index (χ4v) is 3.23. The van der Waals surface area contributed by atoms with Crippen molar-refractivity contribution < 1.29 is 9.53 Å². The Morgan fingerprint density at radius 2 is 2.16 bits per heavy atom. The van der Waals surface area contributed by atoms with E-state index in [9.17, 15) is 4.79 Å². The first-order valence-corrected chi connectivity index (χ1v) is 9.09. The number of aromatic nitrogens is 2. The molecule has 0 spiro atoms. The van der Waals surface area contributed by atoms with Gasteiger partial charge in [0.2, 0.25) is 0 Å². The lowest BCUT2D eigenvalue weighted by atomic mass is 10.1.